The van der Waals surface area contributed by atoms with Crippen LogP contribution in [0, 0.1) is 17.3 Å². The van der Waals surface area contributed by atoms with Crippen LogP contribution in [-0.2, 0) is 0 Å². The molecule has 112 valence electrons. The van der Waals surface area contributed by atoms with Crippen LogP contribution in [0.15, 0.2) is 0 Å². The minimum Gasteiger partial charge on any atom is -0.314 e. The van der Waals surface area contributed by atoms with Gasteiger partial charge in [0, 0.05) is 6.04 Å². The average molecular weight is 265 g/mol. The van der Waals surface area contributed by atoms with Crippen LogP contribution in [0.5, 0.6) is 0 Å². The van der Waals surface area contributed by atoms with E-state index in [9.17, 15) is 0 Å². The fraction of sp³-hybridized carbons (Fsp3) is 1.00. The topological polar surface area (TPSA) is 12.0 Å². The zero-order valence-corrected chi connectivity index (χ0v) is 13.5. The lowest BCUT2D eigenvalue weighted by Crippen LogP contribution is -2.34. The predicted molar refractivity (Wildman–Crippen MR) is 84.4 cm³/mol. The average Bonchev–Trinajstić information content (AvgIpc) is 2.58. The van der Waals surface area contributed by atoms with E-state index in [-0.39, 0.29) is 0 Å². The molecule has 1 nitrogen and oxygen atoms in total. The van der Waals surface area contributed by atoms with Crippen molar-refractivity contribution in [3.63, 3.8) is 0 Å². The van der Waals surface area contributed by atoms with Crippen molar-refractivity contribution in [1.29, 1.82) is 0 Å². The van der Waals surface area contributed by atoms with Crippen molar-refractivity contribution in [1.82, 2.24) is 5.32 Å². The van der Waals surface area contributed by atoms with Crippen LogP contribution >= 0.6 is 0 Å². The Hall–Kier alpha value is -0.0400. The van der Waals surface area contributed by atoms with Crippen molar-refractivity contribution in [2.75, 3.05) is 6.54 Å². The van der Waals surface area contributed by atoms with Crippen LogP contribution in [0.25, 0.3) is 0 Å². The van der Waals surface area contributed by atoms with Crippen molar-refractivity contribution in [2.45, 2.75) is 91.0 Å². The smallest absolute Gasteiger partial charge is 0.00673 e. The third-order valence-corrected chi connectivity index (χ3v) is 5.81. The maximum atomic E-state index is 3.90. The first-order valence-corrected chi connectivity index (χ1v) is 8.82. The van der Waals surface area contributed by atoms with Crippen LogP contribution in [0.2, 0.25) is 0 Å². The van der Waals surface area contributed by atoms with Gasteiger partial charge in [0.05, 0.1) is 0 Å². The largest absolute Gasteiger partial charge is 0.314 e. The van der Waals surface area contributed by atoms with Crippen molar-refractivity contribution in [3.8, 4) is 0 Å². The second-order valence-electron chi connectivity index (χ2n) is 8.00. The monoisotopic (exact) mass is 265 g/mol. The lowest BCUT2D eigenvalue weighted by molar-refractivity contribution is 0.252. The highest BCUT2D eigenvalue weighted by atomic mass is 14.9. The Kier molecular flexibility index (Phi) is 5.74. The van der Waals surface area contributed by atoms with E-state index in [2.05, 4.69) is 26.1 Å². The first-order chi connectivity index (χ1) is 9.09. The van der Waals surface area contributed by atoms with Gasteiger partial charge in [-0.3, -0.25) is 0 Å². The molecule has 0 aromatic carbocycles. The van der Waals surface area contributed by atoms with Crippen molar-refractivity contribution in [2.24, 2.45) is 17.3 Å². The zero-order valence-electron chi connectivity index (χ0n) is 13.5. The highest BCUT2D eigenvalue weighted by molar-refractivity contribution is 4.81. The fourth-order valence-corrected chi connectivity index (χ4v) is 4.04. The number of hydrogen-bond acceptors (Lipinski definition) is 1. The molecule has 2 saturated carbocycles. The molecule has 2 aliphatic carbocycles. The van der Waals surface area contributed by atoms with E-state index in [1.54, 1.807) is 0 Å². The van der Waals surface area contributed by atoms with Gasteiger partial charge < -0.3 is 5.32 Å². The molecule has 19 heavy (non-hydrogen) atoms. The van der Waals surface area contributed by atoms with Crippen LogP contribution < -0.4 is 5.32 Å². The van der Waals surface area contributed by atoms with Gasteiger partial charge in [-0.05, 0) is 62.3 Å². The summed E-state index contributed by atoms with van der Waals surface area (Å²) in [6.07, 6.45) is 14.4. The molecule has 1 heteroatoms. The molecular formula is C18H35N. The summed E-state index contributed by atoms with van der Waals surface area (Å²) in [5.41, 5.74) is 0.593. The number of nitrogens with one attached hydrogen (secondary N) is 1. The Balaban J connectivity index is 1.65. The molecule has 0 bridgehead atoms. The Morgan fingerprint density at radius 2 is 1.58 bits per heavy atom. The summed E-state index contributed by atoms with van der Waals surface area (Å²) in [6.45, 7) is 8.54. The van der Waals surface area contributed by atoms with E-state index in [1.807, 2.05) is 0 Å². The molecule has 0 aromatic rings. The standard InChI is InChI=1S/C18H35N/c1-4-15-7-9-16(10-8-15)14-19-17-6-5-12-18(2,3)13-11-17/h15-17,19H,4-14H2,1-3H3. The normalized spacial score (nSPS) is 35.8. The predicted octanol–water partition coefficient (Wildman–Crippen LogP) is 5.15. The molecule has 0 spiro atoms. The van der Waals surface area contributed by atoms with Gasteiger partial charge in [0.25, 0.3) is 0 Å². The third-order valence-electron chi connectivity index (χ3n) is 5.81. The quantitative estimate of drug-likeness (QED) is 0.693. The summed E-state index contributed by atoms with van der Waals surface area (Å²) in [4.78, 5) is 0. The van der Waals surface area contributed by atoms with Gasteiger partial charge in [0.15, 0.2) is 0 Å². The molecule has 0 saturated heterocycles. The Bertz CT molecular complexity index is 250. The zero-order chi connectivity index (χ0) is 13.7. The highest BCUT2D eigenvalue weighted by Crippen LogP contribution is 2.34. The van der Waals surface area contributed by atoms with Crippen molar-refractivity contribution >= 4 is 0 Å². The van der Waals surface area contributed by atoms with Gasteiger partial charge in [-0.2, -0.15) is 0 Å². The molecule has 0 heterocycles. The van der Waals surface area contributed by atoms with Crippen molar-refractivity contribution in [3.05, 3.63) is 0 Å². The van der Waals surface area contributed by atoms with Gasteiger partial charge in [0.2, 0.25) is 0 Å². The summed E-state index contributed by atoms with van der Waals surface area (Å²) in [5.74, 6) is 2.01. The van der Waals surface area contributed by atoms with E-state index in [0.717, 1.165) is 17.9 Å². The van der Waals surface area contributed by atoms with Crippen LogP contribution in [0.1, 0.15) is 85.0 Å². The molecule has 0 radical (unpaired) electrons. The second-order valence-corrected chi connectivity index (χ2v) is 8.00. The SMILES string of the molecule is CCC1CCC(CNC2CCCC(C)(C)CC2)CC1. The lowest BCUT2D eigenvalue weighted by Gasteiger charge is -2.29. The molecule has 1 unspecified atom stereocenters. The van der Waals surface area contributed by atoms with Gasteiger partial charge >= 0.3 is 0 Å². The molecule has 0 aromatic heterocycles. The summed E-state index contributed by atoms with van der Waals surface area (Å²) in [6, 6.07) is 0.811. The molecule has 0 aliphatic heterocycles. The van der Waals surface area contributed by atoms with Gasteiger partial charge in [-0.15, -0.1) is 0 Å². The maximum Gasteiger partial charge on any atom is 0.00673 e. The molecule has 0 amide bonds. The first-order valence-electron chi connectivity index (χ1n) is 8.82. The third kappa shape index (κ3) is 5.10. The van der Waals surface area contributed by atoms with E-state index in [1.165, 1.54) is 70.8 Å². The maximum absolute atomic E-state index is 3.90. The second kappa shape index (κ2) is 7.11. The lowest BCUT2D eigenvalue weighted by atomic mass is 9.81. The fourth-order valence-electron chi connectivity index (χ4n) is 4.04. The molecule has 1 atom stereocenters. The van der Waals surface area contributed by atoms with E-state index in [0.29, 0.717) is 5.41 Å². The van der Waals surface area contributed by atoms with Gasteiger partial charge in [-0.1, -0.05) is 46.5 Å². The van der Waals surface area contributed by atoms with Gasteiger partial charge in [-0.25, -0.2) is 0 Å². The van der Waals surface area contributed by atoms with Gasteiger partial charge in [0.1, 0.15) is 0 Å². The van der Waals surface area contributed by atoms with Crippen LogP contribution in [-0.4, -0.2) is 12.6 Å². The van der Waals surface area contributed by atoms with Crippen LogP contribution in [0.4, 0.5) is 0 Å². The molecular weight excluding hydrogens is 230 g/mol. The van der Waals surface area contributed by atoms with E-state index >= 15 is 0 Å². The highest BCUT2D eigenvalue weighted by Gasteiger charge is 2.25. The molecule has 2 fully saturated rings. The molecule has 2 aliphatic rings. The van der Waals surface area contributed by atoms with Crippen molar-refractivity contribution < 1.29 is 0 Å². The van der Waals surface area contributed by atoms with E-state index in [4.69, 9.17) is 0 Å². The summed E-state index contributed by atoms with van der Waals surface area (Å²) in [5, 5.41) is 3.90. The summed E-state index contributed by atoms with van der Waals surface area (Å²) < 4.78 is 0. The molecule has 2 rings (SSSR count). The Morgan fingerprint density at radius 3 is 2.26 bits per heavy atom. The summed E-state index contributed by atoms with van der Waals surface area (Å²) >= 11 is 0. The summed E-state index contributed by atoms with van der Waals surface area (Å²) in [7, 11) is 0. The minimum atomic E-state index is 0.593. The minimum absolute atomic E-state index is 0.593. The van der Waals surface area contributed by atoms with E-state index < -0.39 is 0 Å². The van der Waals surface area contributed by atoms with Crippen LogP contribution in [0.3, 0.4) is 0 Å². The first kappa shape index (κ1) is 15.4. The Morgan fingerprint density at radius 1 is 0.895 bits per heavy atom. The Labute approximate surface area is 120 Å². The number of rotatable bonds is 4. The number of hydrogen-bond donors (Lipinski definition) is 1. The molecule has 1 N–H and O–H groups in total.